The number of nitrogens with zero attached hydrogens (tertiary/aromatic N) is 1. The lowest BCUT2D eigenvalue weighted by molar-refractivity contribution is -0.114. The summed E-state index contributed by atoms with van der Waals surface area (Å²) in [4.78, 5) is 13.0. The average Bonchev–Trinajstić information content (AvgIpc) is 2.88. The van der Waals surface area contributed by atoms with Gasteiger partial charge in [0, 0.05) is 16.4 Å². The lowest BCUT2D eigenvalue weighted by Gasteiger charge is -2.24. The van der Waals surface area contributed by atoms with Crippen molar-refractivity contribution in [2.45, 2.75) is 23.6 Å². The Morgan fingerprint density at radius 3 is 1.97 bits per heavy atom. The lowest BCUT2D eigenvalue weighted by Crippen LogP contribution is -2.38. The number of aryl methyl sites for hydroxylation is 2. The van der Waals surface area contributed by atoms with E-state index in [4.69, 9.17) is 11.6 Å². The van der Waals surface area contributed by atoms with Gasteiger partial charge >= 0.3 is 0 Å². The number of nitrogens with one attached hydrogen (secondary N) is 2. The summed E-state index contributed by atoms with van der Waals surface area (Å²) in [6.07, 6.45) is 0. The minimum absolute atomic E-state index is 0.00797. The van der Waals surface area contributed by atoms with Crippen molar-refractivity contribution in [3.8, 4) is 0 Å². The summed E-state index contributed by atoms with van der Waals surface area (Å²) in [5.74, 6) is -0.610. The van der Waals surface area contributed by atoms with Crippen LogP contribution in [0.5, 0.6) is 0 Å². The summed E-state index contributed by atoms with van der Waals surface area (Å²) in [7, 11) is -7.95. The van der Waals surface area contributed by atoms with Crippen molar-refractivity contribution in [1.82, 2.24) is 0 Å². The second-order valence-corrected chi connectivity index (χ2v) is 12.8. The highest BCUT2D eigenvalue weighted by Gasteiger charge is 2.27. The molecule has 202 valence electrons. The summed E-state index contributed by atoms with van der Waals surface area (Å²) >= 11 is 5.92. The maximum atomic E-state index is 13.5. The summed E-state index contributed by atoms with van der Waals surface area (Å²) in [5, 5.41) is 3.02. The fraction of sp³-hybridized carbons (Fsp3) is 0.107. The van der Waals surface area contributed by atoms with Crippen molar-refractivity contribution in [2.75, 3.05) is 20.9 Å². The first-order valence-electron chi connectivity index (χ1n) is 11.8. The predicted molar refractivity (Wildman–Crippen MR) is 154 cm³/mol. The summed E-state index contributed by atoms with van der Waals surface area (Å²) in [5.41, 5.74) is 2.90. The monoisotopic (exact) mass is 583 g/mol. The number of anilines is 3. The van der Waals surface area contributed by atoms with Gasteiger partial charge < -0.3 is 5.32 Å². The van der Waals surface area contributed by atoms with E-state index in [0.717, 1.165) is 15.4 Å². The van der Waals surface area contributed by atoms with Crippen molar-refractivity contribution < 1.29 is 21.6 Å². The molecule has 0 unspecified atom stereocenters. The first-order chi connectivity index (χ1) is 18.4. The first kappa shape index (κ1) is 28.2. The van der Waals surface area contributed by atoms with Gasteiger partial charge in [-0.15, -0.1) is 0 Å². The Morgan fingerprint density at radius 2 is 1.36 bits per heavy atom. The van der Waals surface area contributed by atoms with Crippen LogP contribution in [-0.4, -0.2) is 29.3 Å². The van der Waals surface area contributed by atoms with Crippen LogP contribution >= 0.6 is 11.6 Å². The largest absolute Gasteiger partial charge is 0.325 e. The zero-order chi connectivity index (χ0) is 28.2. The average molecular weight is 584 g/mol. The Balaban J connectivity index is 1.52. The van der Waals surface area contributed by atoms with Crippen LogP contribution in [0.4, 0.5) is 17.1 Å². The minimum Gasteiger partial charge on any atom is -0.325 e. The van der Waals surface area contributed by atoms with Crippen molar-refractivity contribution in [2.24, 2.45) is 0 Å². The predicted octanol–water partition coefficient (Wildman–Crippen LogP) is 5.59. The van der Waals surface area contributed by atoms with Gasteiger partial charge in [-0.3, -0.25) is 13.8 Å². The number of benzene rings is 4. The van der Waals surface area contributed by atoms with Crippen LogP contribution in [-0.2, 0) is 24.8 Å². The number of hydrogen-bond acceptors (Lipinski definition) is 5. The molecule has 0 heterocycles. The molecule has 0 bridgehead atoms. The van der Waals surface area contributed by atoms with Crippen LogP contribution in [0.25, 0.3) is 0 Å². The molecule has 0 aliphatic rings. The molecule has 0 atom stereocenters. The van der Waals surface area contributed by atoms with Gasteiger partial charge in [-0.1, -0.05) is 41.4 Å². The SMILES string of the molecule is Cc1ccc(N(CC(=O)Nc2ccc(S(=O)(=O)Nc3cccc(C)c3)cc2)S(=O)(=O)c2ccc(Cl)cc2)cc1. The van der Waals surface area contributed by atoms with Crippen LogP contribution in [0.2, 0.25) is 5.02 Å². The molecule has 0 saturated heterocycles. The smallest absolute Gasteiger partial charge is 0.264 e. The molecule has 1 amide bonds. The highest BCUT2D eigenvalue weighted by Crippen LogP contribution is 2.26. The zero-order valence-electron chi connectivity index (χ0n) is 21.1. The molecule has 0 aliphatic carbocycles. The molecular formula is C28H26ClN3O5S2. The topological polar surface area (TPSA) is 113 Å². The van der Waals surface area contributed by atoms with E-state index in [1.54, 1.807) is 42.5 Å². The van der Waals surface area contributed by atoms with E-state index in [2.05, 4.69) is 10.0 Å². The molecule has 11 heteroatoms. The number of rotatable bonds is 9. The van der Waals surface area contributed by atoms with Gasteiger partial charge in [-0.05, 0) is 92.2 Å². The molecular weight excluding hydrogens is 558 g/mol. The van der Waals surface area contributed by atoms with E-state index in [9.17, 15) is 21.6 Å². The maximum Gasteiger partial charge on any atom is 0.264 e. The highest BCUT2D eigenvalue weighted by molar-refractivity contribution is 7.93. The normalized spacial score (nSPS) is 11.6. The molecule has 39 heavy (non-hydrogen) atoms. The van der Waals surface area contributed by atoms with Gasteiger partial charge in [-0.25, -0.2) is 16.8 Å². The summed E-state index contributed by atoms with van der Waals surface area (Å²) in [6, 6.07) is 25.0. The number of sulfonamides is 2. The number of amides is 1. The quantitative estimate of drug-likeness (QED) is 0.267. The third-order valence-electron chi connectivity index (χ3n) is 5.73. The molecule has 0 saturated carbocycles. The van der Waals surface area contributed by atoms with Crippen molar-refractivity contribution in [1.29, 1.82) is 0 Å². The number of hydrogen-bond donors (Lipinski definition) is 2. The number of carbonyl (C=O) groups is 1. The standard InChI is InChI=1S/C28H26ClN3O5S2/c1-20-6-12-25(13-7-20)32(39(36,37)27-14-8-22(29)9-15-27)19-28(33)30-23-10-16-26(17-11-23)38(34,35)31-24-5-3-4-21(2)18-24/h3-18,31H,19H2,1-2H3,(H,30,33). The molecule has 8 nitrogen and oxygen atoms in total. The van der Waals surface area contributed by atoms with Crippen molar-refractivity contribution in [3.63, 3.8) is 0 Å². The lowest BCUT2D eigenvalue weighted by atomic mass is 10.2. The summed E-state index contributed by atoms with van der Waals surface area (Å²) in [6.45, 7) is 3.22. The van der Waals surface area contributed by atoms with E-state index in [-0.39, 0.29) is 9.79 Å². The number of halogens is 1. The minimum atomic E-state index is -4.10. The molecule has 4 aromatic carbocycles. The Labute approximate surface area is 233 Å². The summed E-state index contributed by atoms with van der Waals surface area (Å²) < 4.78 is 56.0. The Bertz CT molecular complexity index is 1690. The Hall–Kier alpha value is -3.86. The van der Waals surface area contributed by atoms with Crippen molar-refractivity contribution >= 4 is 54.6 Å². The van der Waals surface area contributed by atoms with Crippen LogP contribution in [0.15, 0.2) is 107 Å². The fourth-order valence-corrected chi connectivity index (χ4v) is 6.33. The van der Waals surface area contributed by atoms with Crippen molar-refractivity contribution in [3.05, 3.63) is 113 Å². The molecule has 4 rings (SSSR count). The Morgan fingerprint density at radius 1 is 0.744 bits per heavy atom. The van der Waals surface area contributed by atoms with Crippen LogP contribution in [0.1, 0.15) is 11.1 Å². The second-order valence-electron chi connectivity index (χ2n) is 8.85. The molecule has 0 radical (unpaired) electrons. The maximum absolute atomic E-state index is 13.5. The highest BCUT2D eigenvalue weighted by atomic mass is 35.5. The van der Waals surface area contributed by atoms with Gasteiger partial charge in [-0.2, -0.15) is 0 Å². The van der Waals surface area contributed by atoms with E-state index >= 15 is 0 Å². The first-order valence-corrected chi connectivity index (χ1v) is 15.1. The Kier molecular flexibility index (Phi) is 8.29. The molecule has 0 spiro atoms. The van der Waals surface area contributed by atoms with Crippen LogP contribution in [0, 0.1) is 13.8 Å². The van der Waals surface area contributed by atoms with Crippen LogP contribution in [0.3, 0.4) is 0 Å². The third kappa shape index (κ3) is 6.97. The van der Waals surface area contributed by atoms with E-state index < -0.39 is 32.5 Å². The fourth-order valence-electron chi connectivity index (χ4n) is 3.73. The van der Waals surface area contributed by atoms with Gasteiger partial charge in [0.1, 0.15) is 6.54 Å². The molecule has 0 fully saturated rings. The van der Waals surface area contributed by atoms with E-state index in [1.807, 2.05) is 19.9 Å². The zero-order valence-corrected chi connectivity index (χ0v) is 23.5. The van der Waals surface area contributed by atoms with Gasteiger partial charge in [0.25, 0.3) is 20.0 Å². The van der Waals surface area contributed by atoms with E-state index in [1.165, 1.54) is 48.5 Å². The number of carbonyl (C=O) groups excluding carboxylic acids is 1. The molecule has 0 aliphatic heterocycles. The van der Waals surface area contributed by atoms with E-state index in [0.29, 0.717) is 22.1 Å². The van der Waals surface area contributed by atoms with Gasteiger partial charge in [0.2, 0.25) is 5.91 Å². The van der Waals surface area contributed by atoms with Gasteiger partial charge in [0.15, 0.2) is 0 Å². The molecule has 0 aromatic heterocycles. The third-order valence-corrected chi connectivity index (χ3v) is 9.17. The second kappa shape index (κ2) is 11.5. The van der Waals surface area contributed by atoms with Crippen LogP contribution < -0.4 is 14.3 Å². The molecule has 4 aromatic rings. The molecule has 2 N–H and O–H groups in total. The van der Waals surface area contributed by atoms with Gasteiger partial charge in [0.05, 0.1) is 15.5 Å².